The molecule has 0 saturated heterocycles. The van der Waals surface area contributed by atoms with E-state index in [4.69, 9.17) is 9.47 Å². The van der Waals surface area contributed by atoms with E-state index in [0.29, 0.717) is 11.1 Å². The Morgan fingerprint density at radius 3 is 2.71 bits per heavy atom. The molecule has 106 valence electrons. The zero-order valence-electron chi connectivity index (χ0n) is 12.0. The van der Waals surface area contributed by atoms with Gasteiger partial charge in [-0.15, -0.1) is 0 Å². The zero-order chi connectivity index (χ0) is 15.2. The van der Waals surface area contributed by atoms with E-state index in [-0.39, 0.29) is 17.7 Å². The molecule has 0 aliphatic heterocycles. The third-order valence-corrected chi connectivity index (χ3v) is 2.70. The lowest BCUT2D eigenvalue weighted by atomic mass is 10.1. The van der Waals surface area contributed by atoms with Crippen LogP contribution in [0.5, 0.6) is 11.9 Å². The highest BCUT2D eigenvalue weighted by Crippen LogP contribution is 2.15. The Morgan fingerprint density at radius 1 is 1.24 bits per heavy atom. The Kier molecular flexibility index (Phi) is 4.52. The van der Waals surface area contributed by atoms with E-state index in [1.165, 1.54) is 20.4 Å². The maximum Gasteiger partial charge on any atom is 0.319 e. The number of aryl methyl sites for hydroxylation is 1. The Morgan fingerprint density at radius 2 is 2.05 bits per heavy atom. The molecular weight excluding hydrogens is 268 g/mol. The maximum absolute atomic E-state index is 12.0. The van der Waals surface area contributed by atoms with Crippen LogP contribution in [0.25, 0.3) is 0 Å². The van der Waals surface area contributed by atoms with Crippen molar-refractivity contribution in [2.45, 2.75) is 6.92 Å². The molecule has 0 radical (unpaired) electrons. The van der Waals surface area contributed by atoms with Crippen molar-refractivity contribution in [3.05, 3.63) is 47.2 Å². The number of ketones is 1. The van der Waals surface area contributed by atoms with E-state index >= 15 is 0 Å². The molecule has 1 aromatic heterocycles. The van der Waals surface area contributed by atoms with Gasteiger partial charge in [-0.3, -0.25) is 4.79 Å². The molecule has 2 rings (SSSR count). The second kappa shape index (κ2) is 6.53. The topological polar surface area (TPSA) is 61.3 Å². The summed E-state index contributed by atoms with van der Waals surface area (Å²) in [7, 11) is 2.93. The van der Waals surface area contributed by atoms with Gasteiger partial charge in [0.25, 0.3) is 0 Å². The largest absolute Gasteiger partial charge is 0.480 e. The Balaban J connectivity index is 2.28. The summed E-state index contributed by atoms with van der Waals surface area (Å²) >= 11 is 0. The van der Waals surface area contributed by atoms with Crippen molar-refractivity contribution >= 4 is 5.78 Å². The van der Waals surface area contributed by atoms with Crippen LogP contribution in [0.4, 0.5) is 0 Å². The summed E-state index contributed by atoms with van der Waals surface area (Å²) < 4.78 is 10.0. The number of aromatic nitrogens is 2. The molecule has 1 heterocycles. The van der Waals surface area contributed by atoms with E-state index in [2.05, 4.69) is 21.8 Å². The van der Waals surface area contributed by atoms with Crippen molar-refractivity contribution in [2.24, 2.45) is 0 Å². The van der Waals surface area contributed by atoms with Gasteiger partial charge in [0.15, 0.2) is 0 Å². The Hall–Kier alpha value is -2.87. The van der Waals surface area contributed by atoms with Crippen molar-refractivity contribution in [3.63, 3.8) is 0 Å². The number of hydrogen-bond acceptors (Lipinski definition) is 5. The highest BCUT2D eigenvalue weighted by molar-refractivity contribution is 6.09. The highest BCUT2D eigenvalue weighted by Gasteiger charge is 2.07. The number of ether oxygens (including phenoxy) is 2. The number of hydrogen-bond donors (Lipinski definition) is 0. The maximum atomic E-state index is 12.0. The fourth-order valence-corrected chi connectivity index (χ4v) is 1.67. The molecule has 0 saturated carbocycles. The number of benzene rings is 1. The van der Waals surface area contributed by atoms with Crippen LogP contribution in [-0.2, 0) is 0 Å². The van der Waals surface area contributed by atoms with Gasteiger partial charge in [-0.25, -0.2) is 4.98 Å². The van der Waals surface area contributed by atoms with Gasteiger partial charge in [0.1, 0.15) is 5.56 Å². The lowest BCUT2D eigenvalue weighted by Crippen LogP contribution is -1.99. The first-order valence-electron chi connectivity index (χ1n) is 6.22. The zero-order valence-corrected chi connectivity index (χ0v) is 12.0. The third kappa shape index (κ3) is 3.57. The summed E-state index contributed by atoms with van der Waals surface area (Å²) in [6, 6.07) is 7.44. The number of carbonyl (C=O) groups excluding carboxylic acids is 1. The lowest BCUT2D eigenvalue weighted by molar-refractivity contribution is 0.105. The fourth-order valence-electron chi connectivity index (χ4n) is 1.67. The molecule has 0 unspecified atom stereocenters. The fraction of sp³-hybridized carbons (Fsp3) is 0.188. The standard InChI is InChI=1S/C16H14N2O3/c1-11-5-4-6-12(9-11)14(19)8-7-13-10-17-16(21-3)18-15(13)20-2/h4-6,9-10H,1-3H3. The highest BCUT2D eigenvalue weighted by atomic mass is 16.5. The predicted molar refractivity (Wildman–Crippen MR) is 77.5 cm³/mol. The number of carbonyl (C=O) groups is 1. The molecule has 0 amide bonds. The van der Waals surface area contributed by atoms with E-state index in [9.17, 15) is 4.79 Å². The molecule has 5 nitrogen and oxygen atoms in total. The van der Waals surface area contributed by atoms with E-state index < -0.39 is 0 Å². The molecule has 1 aromatic carbocycles. The molecule has 0 spiro atoms. The lowest BCUT2D eigenvalue weighted by Gasteiger charge is -2.03. The second-order valence-electron chi connectivity index (χ2n) is 4.23. The van der Waals surface area contributed by atoms with E-state index in [0.717, 1.165) is 5.56 Å². The van der Waals surface area contributed by atoms with Crippen molar-refractivity contribution in [1.29, 1.82) is 0 Å². The summed E-state index contributed by atoms with van der Waals surface area (Å²) in [5.41, 5.74) is 1.99. The van der Waals surface area contributed by atoms with Gasteiger partial charge >= 0.3 is 6.01 Å². The number of methoxy groups -OCH3 is 2. The van der Waals surface area contributed by atoms with Crippen LogP contribution in [-0.4, -0.2) is 30.0 Å². The Bertz CT molecular complexity index is 730. The summed E-state index contributed by atoms with van der Waals surface area (Å²) in [5, 5.41) is 0. The molecule has 5 heteroatoms. The molecule has 0 N–H and O–H groups in total. The quantitative estimate of drug-likeness (QED) is 0.637. The summed E-state index contributed by atoms with van der Waals surface area (Å²) in [5.74, 6) is 5.30. The molecule has 0 fully saturated rings. The third-order valence-electron chi connectivity index (χ3n) is 2.70. The average Bonchev–Trinajstić information content (AvgIpc) is 2.52. The normalized spacial score (nSPS) is 9.48. The SMILES string of the molecule is COc1ncc(C#CC(=O)c2cccc(C)c2)c(OC)n1. The molecule has 2 aromatic rings. The summed E-state index contributed by atoms with van der Waals surface area (Å²) in [4.78, 5) is 20.0. The molecule has 0 atom stereocenters. The van der Waals surface area contributed by atoms with Crippen molar-refractivity contribution in [3.8, 4) is 23.7 Å². The van der Waals surface area contributed by atoms with Crippen LogP contribution in [0.3, 0.4) is 0 Å². The first-order chi connectivity index (χ1) is 10.1. The van der Waals surface area contributed by atoms with Gasteiger partial charge < -0.3 is 9.47 Å². The average molecular weight is 282 g/mol. The number of Topliss-reactive ketones (excluding diaryl/α,β-unsaturated/α-hetero) is 1. The van der Waals surface area contributed by atoms with E-state index in [1.54, 1.807) is 12.1 Å². The first kappa shape index (κ1) is 14.5. The molecule has 0 aliphatic rings. The smallest absolute Gasteiger partial charge is 0.319 e. The minimum atomic E-state index is -0.267. The van der Waals surface area contributed by atoms with Crippen molar-refractivity contribution in [2.75, 3.05) is 14.2 Å². The monoisotopic (exact) mass is 282 g/mol. The summed E-state index contributed by atoms with van der Waals surface area (Å²) in [6.07, 6.45) is 1.46. The number of nitrogens with zero attached hydrogens (tertiary/aromatic N) is 2. The van der Waals surface area contributed by atoms with Crippen molar-refractivity contribution in [1.82, 2.24) is 9.97 Å². The molecular formula is C16H14N2O3. The number of rotatable bonds is 3. The van der Waals surface area contributed by atoms with Crippen LogP contribution < -0.4 is 9.47 Å². The van der Waals surface area contributed by atoms with Crippen LogP contribution in [0.2, 0.25) is 0 Å². The van der Waals surface area contributed by atoms with E-state index in [1.807, 2.05) is 19.1 Å². The first-order valence-corrected chi connectivity index (χ1v) is 6.22. The molecule has 0 bridgehead atoms. The predicted octanol–water partition coefficient (Wildman–Crippen LogP) is 2.04. The minimum Gasteiger partial charge on any atom is -0.480 e. The van der Waals surface area contributed by atoms with Gasteiger partial charge in [-0.05, 0) is 18.9 Å². The van der Waals surface area contributed by atoms with Crippen LogP contribution in [0, 0.1) is 18.8 Å². The summed E-state index contributed by atoms with van der Waals surface area (Å²) in [6.45, 7) is 1.92. The van der Waals surface area contributed by atoms with Gasteiger partial charge in [0.05, 0.1) is 20.4 Å². The van der Waals surface area contributed by atoms with Crippen molar-refractivity contribution < 1.29 is 14.3 Å². The van der Waals surface area contributed by atoms with Gasteiger partial charge in [0.2, 0.25) is 11.7 Å². The molecule has 0 aliphatic carbocycles. The van der Waals surface area contributed by atoms with Crippen LogP contribution in [0.1, 0.15) is 21.5 Å². The van der Waals surface area contributed by atoms with Crippen LogP contribution in [0.15, 0.2) is 30.5 Å². The second-order valence-corrected chi connectivity index (χ2v) is 4.23. The van der Waals surface area contributed by atoms with Gasteiger partial charge in [-0.2, -0.15) is 4.98 Å². The molecule has 21 heavy (non-hydrogen) atoms. The van der Waals surface area contributed by atoms with Crippen LogP contribution >= 0.6 is 0 Å². The van der Waals surface area contributed by atoms with Gasteiger partial charge in [0, 0.05) is 5.56 Å². The van der Waals surface area contributed by atoms with Gasteiger partial charge in [-0.1, -0.05) is 29.7 Å². The minimum absolute atomic E-state index is 0.183. The Labute approximate surface area is 123 Å².